The molecule has 2 aromatic rings. The van der Waals surface area contributed by atoms with Crippen molar-refractivity contribution in [2.45, 2.75) is 30.3 Å². The largest absolute Gasteiger partial charge is 0.511 e. The summed E-state index contributed by atoms with van der Waals surface area (Å²) in [5.41, 5.74) is 0.962. The number of anilines is 1. The third-order valence-electron chi connectivity index (χ3n) is 10.1. The Morgan fingerprint density at radius 1 is 1.15 bits per heavy atom. The standard InChI is InChI=1S/C27H26FN3O6S3/c1-39(34,35)7-6-12-10-38-26-24(12)40(36,37)30-25(29-26)21-23(32)20-18-15-8-14-16(18)17(14)19(15)22(20)31(27(21)33)9-11-2-4-13(28)5-3-11/h2-5,10,14-20,22,32H,6-9H2,1H3,(H,29,30)/t14?,15?,16?,17?,18?,19?,20-,22+/m1/s1. The van der Waals surface area contributed by atoms with Crippen molar-refractivity contribution in [2.24, 2.45) is 45.8 Å². The van der Waals surface area contributed by atoms with Gasteiger partial charge in [-0.25, -0.2) is 12.8 Å². The molecule has 40 heavy (non-hydrogen) atoms. The van der Waals surface area contributed by atoms with E-state index < -0.39 is 25.8 Å². The van der Waals surface area contributed by atoms with Crippen LogP contribution in [-0.2, 0) is 37.6 Å². The fourth-order valence-electron chi connectivity index (χ4n) is 8.85. The van der Waals surface area contributed by atoms with Gasteiger partial charge < -0.3 is 15.3 Å². The van der Waals surface area contributed by atoms with Gasteiger partial charge in [-0.05, 0) is 77.0 Å². The monoisotopic (exact) mass is 603 g/mol. The second kappa shape index (κ2) is 7.95. The minimum atomic E-state index is -4.28. The normalized spacial score (nSPS) is 35.9. The SMILES string of the molecule is CS(=O)(=O)CCc1csc2c1S(=O)(=O)N=C(C1=C(O)[C@@H]3C4C5CC6C4C6C5[C@@H]3N(Cc3ccc(F)cc3)C1=O)N2. The molecule has 8 atom stereocenters. The molecule has 2 aliphatic heterocycles. The van der Waals surface area contributed by atoms with Crippen molar-refractivity contribution in [1.29, 1.82) is 0 Å². The molecule has 210 valence electrons. The zero-order valence-corrected chi connectivity index (χ0v) is 23.8. The van der Waals surface area contributed by atoms with E-state index in [-0.39, 0.29) is 69.5 Å². The van der Waals surface area contributed by atoms with Crippen LogP contribution >= 0.6 is 11.3 Å². The molecule has 0 spiro atoms. The van der Waals surface area contributed by atoms with Crippen LogP contribution in [0.1, 0.15) is 17.5 Å². The number of hydrogen-bond donors (Lipinski definition) is 2. The number of amides is 1. The molecule has 5 saturated carbocycles. The van der Waals surface area contributed by atoms with Gasteiger partial charge in [-0.2, -0.15) is 8.42 Å². The zero-order chi connectivity index (χ0) is 27.9. The number of hydrogen-bond acceptors (Lipinski definition) is 8. The number of fused-ring (bicyclic) bond motifs is 2. The lowest BCUT2D eigenvalue weighted by Crippen LogP contribution is -2.54. The first-order valence-corrected chi connectivity index (χ1v) is 17.7. The van der Waals surface area contributed by atoms with Crippen molar-refractivity contribution in [3.05, 3.63) is 57.9 Å². The Hall–Kier alpha value is -2.77. The minimum absolute atomic E-state index is 0.0205. The highest BCUT2D eigenvalue weighted by Gasteiger charge is 2.82. The molecule has 1 aromatic heterocycles. The molecule has 5 fully saturated rings. The van der Waals surface area contributed by atoms with E-state index in [0.717, 1.165) is 29.6 Å². The van der Waals surface area contributed by atoms with Crippen LogP contribution in [0.5, 0.6) is 0 Å². The highest BCUT2D eigenvalue weighted by molar-refractivity contribution is 7.91. The summed E-state index contributed by atoms with van der Waals surface area (Å²) in [6.07, 6.45) is 2.22. The number of carbonyl (C=O) groups excluding carboxylic acids is 1. The van der Waals surface area contributed by atoms with Gasteiger partial charge in [-0.1, -0.05) is 12.1 Å². The highest BCUT2D eigenvalue weighted by atomic mass is 32.2. The van der Waals surface area contributed by atoms with Crippen LogP contribution in [0.25, 0.3) is 0 Å². The van der Waals surface area contributed by atoms with E-state index in [1.54, 1.807) is 22.4 Å². The molecule has 1 aromatic carbocycles. The number of nitrogens with one attached hydrogen (secondary N) is 1. The van der Waals surface area contributed by atoms with Crippen LogP contribution in [0.15, 0.2) is 50.3 Å². The number of sulfonamides is 1. The molecule has 2 N–H and O–H groups in total. The van der Waals surface area contributed by atoms with Crippen molar-refractivity contribution in [2.75, 3.05) is 17.3 Å². The number of benzene rings is 1. The Morgan fingerprint density at radius 2 is 1.85 bits per heavy atom. The van der Waals surface area contributed by atoms with Crippen molar-refractivity contribution in [1.82, 2.24) is 4.90 Å². The molecule has 6 unspecified atom stereocenters. The third-order valence-corrected chi connectivity index (χ3v) is 13.5. The number of sulfone groups is 1. The average molecular weight is 604 g/mol. The smallest absolute Gasteiger partial charge is 0.287 e. The van der Waals surface area contributed by atoms with E-state index in [0.29, 0.717) is 35.2 Å². The van der Waals surface area contributed by atoms with Gasteiger partial charge in [0.1, 0.15) is 36.9 Å². The lowest BCUT2D eigenvalue weighted by atomic mass is 9.77. The Labute approximate surface area is 234 Å². The Balaban J connectivity index is 1.20. The molecular weight excluding hydrogens is 578 g/mol. The summed E-state index contributed by atoms with van der Waals surface area (Å²) in [6, 6.07) is 5.79. The van der Waals surface area contributed by atoms with Crippen LogP contribution in [0.3, 0.4) is 0 Å². The third kappa shape index (κ3) is 3.34. The van der Waals surface area contributed by atoms with Crippen molar-refractivity contribution < 1.29 is 31.1 Å². The summed E-state index contributed by atoms with van der Waals surface area (Å²) in [5.74, 6) is 1.10. The van der Waals surface area contributed by atoms with Gasteiger partial charge in [-0.15, -0.1) is 15.7 Å². The number of aliphatic hydroxyl groups is 1. The van der Waals surface area contributed by atoms with Gasteiger partial charge >= 0.3 is 0 Å². The predicted molar refractivity (Wildman–Crippen MR) is 145 cm³/mol. The number of amidine groups is 1. The van der Waals surface area contributed by atoms with Crippen LogP contribution in [-0.4, -0.2) is 56.6 Å². The number of halogens is 1. The van der Waals surface area contributed by atoms with Gasteiger partial charge in [0, 0.05) is 24.8 Å². The average Bonchev–Trinajstić information content (AvgIpc) is 3.37. The van der Waals surface area contributed by atoms with E-state index in [2.05, 4.69) is 9.71 Å². The summed E-state index contributed by atoms with van der Waals surface area (Å²) >= 11 is 1.09. The minimum Gasteiger partial charge on any atom is -0.511 e. The van der Waals surface area contributed by atoms with Crippen LogP contribution in [0.2, 0.25) is 0 Å². The second-order valence-corrected chi connectivity index (χ2v) is 16.7. The van der Waals surface area contributed by atoms with Crippen molar-refractivity contribution in [3.63, 3.8) is 0 Å². The van der Waals surface area contributed by atoms with Crippen LogP contribution in [0.4, 0.5) is 9.39 Å². The summed E-state index contributed by atoms with van der Waals surface area (Å²) < 4.78 is 67.7. The van der Waals surface area contributed by atoms with Gasteiger partial charge in [0.2, 0.25) is 0 Å². The van der Waals surface area contributed by atoms with E-state index in [1.807, 2.05) is 0 Å². The Kier molecular flexibility index (Phi) is 4.96. The first-order chi connectivity index (χ1) is 18.9. The molecule has 0 radical (unpaired) electrons. The molecule has 9 nitrogen and oxygen atoms in total. The Morgan fingerprint density at radius 3 is 2.55 bits per heavy atom. The predicted octanol–water partition coefficient (Wildman–Crippen LogP) is 2.97. The fourth-order valence-corrected chi connectivity index (χ4v) is 12.1. The molecule has 6 bridgehead atoms. The van der Waals surface area contributed by atoms with Gasteiger partial charge in [0.25, 0.3) is 15.9 Å². The molecule has 7 aliphatic rings. The summed E-state index contributed by atoms with van der Waals surface area (Å²) in [4.78, 5) is 15.8. The maximum atomic E-state index is 14.2. The maximum absolute atomic E-state index is 14.2. The molecule has 5 aliphatic carbocycles. The number of nitrogens with zero attached hydrogens (tertiary/aromatic N) is 2. The number of thiophene rings is 1. The van der Waals surface area contributed by atoms with Crippen molar-refractivity contribution >= 4 is 47.9 Å². The van der Waals surface area contributed by atoms with Gasteiger partial charge in [0.15, 0.2) is 5.84 Å². The lowest BCUT2D eigenvalue weighted by Gasteiger charge is -2.44. The van der Waals surface area contributed by atoms with E-state index >= 15 is 0 Å². The topological polar surface area (TPSA) is 133 Å². The zero-order valence-electron chi connectivity index (χ0n) is 21.3. The molecule has 3 heterocycles. The van der Waals surface area contributed by atoms with E-state index in [9.17, 15) is 31.1 Å². The first-order valence-electron chi connectivity index (χ1n) is 13.3. The van der Waals surface area contributed by atoms with Crippen LogP contribution < -0.4 is 5.32 Å². The highest BCUT2D eigenvalue weighted by Crippen LogP contribution is 2.83. The van der Waals surface area contributed by atoms with Gasteiger partial charge in [-0.3, -0.25) is 4.79 Å². The number of rotatable bonds is 6. The molecule has 1 amide bonds. The summed E-state index contributed by atoms with van der Waals surface area (Å²) in [5, 5.41) is 16.5. The second-order valence-electron chi connectivity index (χ2n) is 12.0. The lowest BCUT2D eigenvalue weighted by molar-refractivity contribution is -0.134. The summed E-state index contributed by atoms with van der Waals surface area (Å²) in [7, 11) is -7.59. The van der Waals surface area contributed by atoms with Crippen LogP contribution in [0, 0.1) is 47.2 Å². The fraction of sp³-hybridized carbons (Fsp3) is 0.481. The maximum Gasteiger partial charge on any atom is 0.287 e. The number of aryl methyl sites for hydroxylation is 1. The van der Waals surface area contributed by atoms with Gasteiger partial charge in [0.05, 0.1) is 5.75 Å². The first kappa shape index (κ1) is 25.0. The van der Waals surface area contributed by atoms with E-state index in [1.165, 1.54) is 12.1 Å². The number of carbonyl (C=O) groups is 1. The van der Waals surface area contributed by atoms with E-state index in [4.69, 9.17) is 0 Å². The molecule has 13 heteroatoms. The quantitative estimate of drug-likeness (QED) is 0.519. The molecule has 0 saturated heterocycles. The molecule has 9 rings (SSSR count). The molecular formula is C27H26FN3O6S3. The Bertz CT molecular complexity index is 1780. The van der Waals surface area contributed by atoms with Crippen molar-refractivity contribution in [3.8, 4) is 0 Å². The summed E-state index contributed by atoms with van der Waals surface area (Å²) in [6.45, 7) is 0.217. The number of aliphatic hydroxyl groups excluding tert-OH is 1.